The molecule has 8 heteroatoms. The van der Waals surface area contributed by atoms with Gasteiger partial charge in [0.15, 0.2) is 0 Å². The number of methoxy groups -OCH3 is 2. The fourth-order valence-corrected chi connectivity index (χ4v) is 7.54. The van der Waals surface area contributed by atoms with Crippen molar-refractivity contribution < 1.29 is 23.8 Å². The second-order valence-electron chi connectivity index (χ2n) is 12.0. The van der Waals surface area contributed by atoms with Crippen LogP contribution in [0.5, 0.6) is 0 Å². The minimum absolute atomic E-state index is 0.000661. The molecule has 7 atom stereocenters. The highest BCUT2D eigenvalue weighted by Gasteiger charge is 2.59. The van der Waals surface area contributed by atoms with Gasteiger partial charge in [-0.2, -0.15) is 0 Å². The minimum Gasteiger partial charge on any atom is -0.381 e. The summed E-state index contributed by atoms with van der Waals surface area (Å²) in [5.41, 5.74) is -0.910. The summed E-state index contributed by atoms with van der Waals surface area (Å²) in [6.07, 6.45) is 9.09. The Morgan fingerprint density at radius 3 is 2.57 bits per heavy atom. The minimum atomic E-state index is -0.910. The van der Waals surface area contributed by atoms with Crippen LogP contribution < -0.4 is 5.32 Å². The van der Waals surface area contributed by atoms with Crippen LogP contribution in [0.15, 0.2) is 0 Å². The van der Waals surface area contributed by atoms with E-state index in [-0.39, 0.29) is 54.2 Å². The van der Waals surface area contributed by atoms with Gasteiger partial charge in [0.2, 0.25) is 11.8 Å². The number of nitrogens with one attached hydrogen (secondary N) is 1. The Labute approximate surface area is 210 Å². The predicted molar refractivity (Wildman–Crippen MR) is 132 cm³/mol. The summed E-state index contributed by atoms with van der Waals surface area (Å²) in [7, 11) is 3.52. The molecular weight excluding hydrogens is 446 g/mol. The Morgan fingerprint density at radius 1 is 1.09 bits per heavy atom. The summed E-state index contributed by atoms with van der Waals surface area (Å²) in [6, 6.07) is 0.253. The quantitative estimate of drug-likeness (QED) is 0.614. The van der Waals surface area contributed by atoms with Gasteiger partial charge in [-0.1, -0.05) is 6.92 Å². The molecule has 2 amide bonds. The molecule has 0 aromatic carbocycles. The second kappa shape index (κ2) is 10.3. The van der Waals surface area contributed by atoms with Crippen molar-refractivity contribution in [3.05, 3.63) is 0 Å². The van der Waals surface area contributed by atoms with Crippen molar-refractivity contribution >= 4 is 11.8 Å². The van der Waals surface area contributed by atoms with E-state index < -0.39 is 5.54 Å². The first-order valence-corrected chi connectivity index (χ1v) is 13.9. The number of hydrogen-bond donors (Lipinski definition) is 1. The summed E-state index contributed by atoms with van der Waals surface area (Å²) in [6.45, 7) is 6.13. The lowest BCUT2D eigenvalue weighted by Crippen LogP contribution is -2.73. The van der Waals surface area contributed by atoms with Gasteiger partial charge in [-0.15, -0.1) is 0 Å². The summed E-state index contributed by atoms with van der Waals surface area (Å²) < 4.78 is 17.5. The molecule has 0 radical (unpaired) electrons. The van der Waals surface area contributed by atoms with Crippen LogP contribution in [0.2, 0.25) is 0 Å². The molecule has 2 saturated carbocycles. The standard InChI is InChI=1S/C27H45N3O5/c1-17-5-7-19(8-6-17)28-26(32)27(2)16-29-21-11-12-35-24(21)14-22(29)25(31)30(27)15-18-13-20(33-3)9-10-23(18)34-4/h17-24H,5-16H2,1-4H3,(H,28,32). The normalized spacial score (nSPS) is 44.2. The third-order valence-corrected chi connectivity index (χ3v) is 9.85. The molecule has 1 N–H and O–H groups in total. The van der Waals surface area contributed by atoms with Gasteiger partial charge in [0, 0.05) is 51.9 Å². The number of hydrogen-bond acceptors (Lipinski definition) is 6. The number of nitrogens with zero attached hydrogens (tertiary/aromatic N) is 2. The number of piperazine rings is 1. The van der Waals surface area contributed by atoms with E-state index in [9.17, 15) is 9.59 Å². The Kier molecular flexibility index (Phi) is 7.46. The van der Waals surface area contributed by atoms with Crippen molar-refractivity contribution in [2.24, 2.45) is 11.8 Å². The summed E-state index contributed by atoms with van der Waals surface area (Å²) in [5.74, 6) is 0.953. The lowest BCUT2D eigenvalue weighted by atomic mass is 9.81. The van der Waals surface area contributed by atoms with E-state index >= 15 is 0 Å². The van der Waals surface area contributed by atoms with Gasteiger partial charge in [-0.3, -0.25) is 14.5 Å². The van der Waals surface area contributed by atoms with Crippen LogP contribution >= 0.6 is 0 Å². The number of fused-ring (bicyclic) bond motifs is 3. The highest BCUT2D eigenvalue weighted by atomic mass is 16.5. The van der Waals surface area contributed by atoms with Crippen LogP contribution in [0.1, 0.15) is 71.6 Å². The van der Waals surface area contributed by atoms with Crippen molar-refractivity contribution in [3.8, 4) is 0 Å². The fourth-order valence-electron chi connectivity index (χ4n) is 7.54. The highest BCUT2D eigenvalue weighted by molar-refractivity contribution is 5.95. The number of carbonyl (C=O) groups excluding carboxylic acids is 2. The largest absolute Gasteiger partial charge is 0.381 e. The Morgan fingerprint density at radius 2 is 1.86 bits per heavy atom. The smallest absolute Gasteiger partial charge is 0.247 e. The molecule has 0 aromatic heterocycles. The van der Waals surface area contributed by atoms with Gasteiger partial charge in [0.1, 0.15) is 5.54 Å². The van der Waals surface area contributed by atoms with E-state index in [4.69, 9.17) is 14.2 Å². The number of rotatable bonds is 6. The van der Waals surface area contributed by atoms with Crippen LogP contribution in [-0.2, 0) is 23.8 Å². The molecule has 5 aliphatic rings. The van der Waals surface area contributed by atoms with Gasteiger partial charge in [-0.25, -0.2) is 0 Å². The first-order valence-electron chi connectivity index (χ1n) is 13.9. The first kappa shape index (κ1) is 25.4. The zero-order valence-electron chi connectivity index (χ0n) is 22.0. The monoisotopic (exact) mass is 491 g/mol. The van der Waals surface area contributed by atoms with Gasteiger partial charge in [0.25, 0.3) is 0 Å². The molecule has 35 heavy (non-hydrogen) atoms. The molecule has 2 aliphatic carbocycles. The maximum absolute atomic E-state index is 14.1. The highest BCUT2D eigenvalue weighted by Crippen LogP contribution is 2.41. The van der Waals surface area contributed by atoms with Crippen molar-refractivity contribution in [2.75, 3.05) is 33.9 Å². The fraction of sp³-hybridized carbons (Fsp3) is 0.926. The topological polar surface area (TPSA) is 80.3 Å². The molecule has 0 spiro atoms. The summed E-state index contributed by atoms with van der Waals surface area (Å²) in [4.78, 5) is 32.3. The third-order valence-electron chi connectivity index (χ3n) is 9.85. The number of ether oxygens (including phenoxy) is 3. The average molecular weight is 492 g/mol. The molecule has 3 saturated heterocycles. The molecule has 3 aliphatic heterocycles. The number of amides is 2. The van der Waals surface area contributed by atoms with Crippen LogP contribution in [0.4, 0.5) is 0 Å². The van der Waals surface area contributed by atoms with Gasteiger partial charge in [0.05, 0.1) is 24.4 Å². The first-order chi connectivity index (χ1) is 16.8. The maximum Gasteiger partial charge on any atom is 0.247 e. The van der Waals surface area contributed by atoms with Crippen LogP contribution in [0.25, 0.3) is 0 Å². The van der Waals surface area contributed by atoms with Crippen molar-refractivity contribution in [1.29, 1.82) is 0 Å². The van der Waals surface area contributed by atoms with E-state index in [0.29, 0.717) is 13.1 Å². The lowest BCUT2D eigenvalue weighted by Gasteiger charge is -2.52. The van der Waals surface area contributed by atoms with Gasteiger partial charge >= 0.3 is 0 Å². The molecule has 5 fully saturated rings. The third kappa shape index (κ3) is 4.76. The lowest BCUT2D eigenvalue weighted by molar-refractivity contribution is -0.164. The predicted octanol–water partition coefficient (Wildman–Crippen LogP) is 2.34. The molecule has 7 unspecified atom stereocenters. The molecule has 5 rings (SSSR count). The van der Waals surface area contributed by atoms with E-state index in [2.05, 4.69) is 17.1 Å². The molecular formula is C27H45N3O5. The Balaban J connectivity index is 1.40. The SMILES string of the molecule is COC1CCC(OC)C(CN2C(=O)C3CC4OCCC4N3CC2(C)C(=O)NC2CCC(C)CC2)C1. The number of carbonyl (C=O) groups is 2. The Bertz CT molecular complexity index is 787. The summed E-state index contributed by atoms with van der Waals surface area (Å²) in [5, 5.41) is 3.38. The van der Waals surface area contributed by atoms with E-state index in [1.165, 1.54) is 0 Å². The van der Waals surface area contributed by atoms with Gasteiger partial charge < -0.3 is 24.4 Å². The average Bonchev–Trinajstić information content (AvgIpc) is 3.45. The van der Waals surface area contributed by atoms with E-state index in [1.54, 1.807) is 14.2 Å². The van der Waals surface area contributed by atoms with Gasteiger partial charge in [-0.05, 0) is 70.6 Å². The van der Waals surface area contributed by atoms with Crippen LogP contribution in [-0.4, -0.2) is 97.5 Å². The molecule has 3 heterocycles. The van der Waals surface area contributed by atoms with Crippen LogP contribution in [0.3, 0.4) is 0 Å². The van der Waals surface area contributed by atoms with Crippen molar-refractivity contribution in [1.82, 2.24) is 15.1 Å². The van der Waals surface area contributed by atoms with E-state index in [0.717, 1.165) is 70.3 Å². The van der Waals surface area contributed by atoms with Crippen molar-refractivity contribution in [3.63, 3.8) is 0 Å². The molecule has 0 aromatic rings. The zero-order chi connectivity index (χ0) is 24.7. The molecule has 0 bridgehead atoms. The van der Waals surface area contributed by atoms with Crippen molar-refractivity contribution in [2.45, 2.75) is 114 Å². The van der Waals surface area contributed by atoms with Crippen LogP contribution in [0, 0.1) is 11.8 Å². The Hall–Kier alpha value is -1.22. The zero-order valence-corrected chi connectivity index (χ0v) is 22.0. The molecule has 198 valence electrons. The summed E-state index contributed by atoms with van der Waals surface area (Å²) >= 11 is 0. The molecule has 8 nitrogen and oxygen atoms in total. The maximum atomic E-state index is 14.1. The second-order valence-corrected chi connectivity index (χ2v) is 12.0. The van der Waals surface area contributed by atoms with E-state index in [1.807, 2.05) is 11.8 Å².